The van der Waals surface area contributed by atoms with Crippen molar-refractivity contribution in [2.24, 2.45) is 5.92 Å². The second-order valence-electron chi connectivity index (χ2n) is 7.84. The summed E-state index contributed by atoms with van der Waals surface area (Å²) in [6.45, 7) is 2.39. The molecule has 0 bridgehead atoms. The summed E-state index contributed by atoms with van der Waals surface area (Å²) in [5.41, 5.74) is 3.40. The van der Waals surface area contributed by atoms with Crippen LogP contribution in [0.2, 0.25) is 0 Å². The van der Waals surface area contributed by atoms with Crippen molar-refractivity contribution >= 4 is 17.5 Å². The van der Waals surface area contributed by atoms with Gasteiger partial charge in [-0.15, -0.1) is 0 Å². The Morgan fingerprint density at radius 1 is 1.04 bits per heavy atom. The van der Waals surface area contributed by atoms with Crippen LogP contribution >= 0.6 is 0 Å². The maximum Gasteiger partial charge on any atom is 0.255 e. The number of rotatable bonds is 4. The number of carbonyl (C=O) groups is 2. The van der Waals surface area contributed by atoms with Gasteiger partial charge in [0.25, 0.3) is 5.91 Å². The summed E-state index contributed by atoms with van der Waals surface area (Å²) in [7, 11) is 0. The molecule has 28 heavy (non-hydrogen) atoms. The van der Waals surface area contributed by atoms with Gasteiger partial charge in [0.15, 0.2) is 0 Å². The smallest absolute Gasteiger partial charge is 0.255 e. The van der Waals surface area contributed by atoms with Crippen molar-refractivity contribution in [1.82, 2.24) is 5.32 Å². The molecule has 1 fully saturated rings. The summed E-state index contributed by atoms with van der Waals surface area (Å²) >= 11 is 0. The molecular weight excluding hydrogens is 352 g/mol. The Hall–Kier alpha value is -2.82. The molecule has 0 saturated heterocycles. The average Bonchev–Trinajstić information content (AvgIpc) is 3.21. The molecule has 5 nitrogen and oxygen atoms in total. The predicted octanol–water partition coefficient (Wildman–Crippen LogP) is 3.86. The molecule has 4 rings (SSSR count). The topological polar surface area (TPSA) is 67.4 Å². The van der Waals surface area contributed by atoms with E-state index < -0.39 is 0 Å². The number of amides is 2. The summed E-state index contributed by atoms with van der Waals surface area (Å²) in [5.74, 6) is 0.535. The second-order valence-corrected chi connectivity index (χ2v) is 7.84. The molecule has 1 heterocycles. The summed E-state index contributed by atoms with van der Waals surface area (Å²) in [5, 5.41) is 6.10. The van der Waals surface area contributed by atoms with E-state index in [1.165, 1.54) is 12.8 Å². The van der Waals surface area contributed by atoms with Crippen molar-refractivity contribution < 1.29 is 14.3 Å². The first-order valence-electron chi connectivity index (χ1n) is 10.0. The van der Waals surface area contributed by atoms with Gasteiger partial charge in [-0.25, -0.2) is 0 Å². The molecule has 1 unspecified atom stereocenters. The van der Waals surface area contributed by atoms with Gasteiger partial charge in [0, 0.05) is 17.3 Å². The van der Waals surface area contributed by atoms with E-state index in [1.54, 1.807) is 0 Å². The van der Waals surface area contributed by atoms with Crippen LogP contribution in [-0.4, -0.2) is 24.5 Å². The number of anilines is 1. The van der Waals surface area contributed by atoms with E-state index in [9.17, 15) is 9.59 Å². The maximum atomic E-state index is 12.6. The first-order valence-corrected chi connectivity index (χ1v) is 10.0. The normalized spacial score (nSPS) is 18.8. The molecule has 2 N–H and O–H groups in total. The van der Waals surface area contributed by atoms with E-state index in [0.29, 0.717) is 30.3 Å². The fraction of sp³-hybridized carbons (Fsp3) is 0.391. The highest BCUT2D eigenvalue weighted by Gasteiger charge is 2.28. The fourth-order valence-electron chi connectivity index (χ4n) is 3.94. The lowest BCUT2D eigenvalue weighted by atomic mass is 9.95. The molecule has 1 atom stereocenters. The lowest BCUT2D eigenvalue weighted by molar-refractivity contribution is -0.127. The minimum atomic E-state index is -0.184. The van der Waals surface area contributed by atoms with Crippen LogP contribution in [0.4, 0.5) is 5.69 Å². The van der Waals surface area contributed by atoms with E-state index in [0.717, 1.165) is 29.7 Å². The molecule has 2 aliphatic rings. The number of hydrogen-bond acceptors (Lipinski definition) is 3. The SMILES string of the molecule is Cc1ccc(C(=O)Nc2ccc3c(c2)CC(C(=O)NC2CCCC2)CO3)cc1. The van der Waals surface area contributed by atoms with Gasteiger partial charge in [0.2, 0.25) is 5.91 Å². The third-order valence-corrected chi connectivity index (χ3v) is 5.61. The molecule has 1 aliphatic carbocycles. The van der Waals surface area contributed by atoms with Crippen LogP contribution in [0.1, 0.15) is 47.2 Å². The highest BCUT2D eigenvalue weighted by atomic mass is 16.5. The zero-order valence-corrected chi connectivity index (χ0v) is 16.2. The van der Waals surface area contributed by atoms with E-state index in [-0.39, 0.29) is 17.7 Å². The first-order chi connectivity index (χ1) is 13.6. The number of benzene rings is 2. The van der Waals surface area contributed by atoms with Crippen LogP contribution < -0.4 is 15.4 Å². The van der Waals surface area contributed by atoms with Crippen LogP contribution in [0.5, 0.6) is 5.75 Å². The van der Waals surface area contributed by atoms with Gasteiger partial charge < -0.3 is 15.4 Å². The lowest BCUT2D eigenvalue weighted by Crippen LogP contribution is -2.41. The van der Waals surface area contributed by atoms with Crippen molar-refractivity contribution in [3.05, 3.63) is 59.2 Å². The minimum Gasteiger partial charge on any atom is -0.492 e. The minimum absolute atomic E-state index is 0.0756. The summed E-state index contributed by atoms with van der Waals surface area (Å²) < 4.78 is 5.81. The van der Waals surface area contributed by atoms with E-state index in [4.69, 9.17) is 4.74 Å². The zero-order valence-electron chi connectivity index (χ0n) is 16.2. The van der Waals surface area contributed by atoms with E-state index in [1.807, 2.05) is 49.4 Å². The third-order valence-electron chi connectivity index (χ3n) is 5.61. The summed E-state index contributed by atoms with van der Waals surface area (Å²) in [6.07, 6.45) is 5.16. The van der Waals surface area contributed by atoms with E-state index >= 15 is 0 Å². The standard InChI is InChI=1S/C23H26N2O3/c1-15-6-8-16(9-7-15)22(26)25-20-10-11-21-17(13-20)12-18(14-28-21)23(27)24-19-4-2-3-5-19/h6-11,13,18-19H,2-5,12,14H2,1H3,(H,24,27)(H,25,26). The number of ether oxygens (including phenoxy) is 1. The number of fused-ring (bicyclic) bond motifs is 1. The molecule has 1 saturated carbocycles. The van der Waals surface area contributed by atoms with Crippen molar-refractivity contribution in [3.8, 4) is 5.75 Å². The maximum absolute atomic E-state index is 12.6. The Morgan fingerprint density at radius 2 is 1.79 bits per heavy atom. The number of hydrogen-bond donors (Lipinski definition) is 2. The van der Waals surface area contributed by atoms with Crippen molar-refractivity contribution in [2.75, 3.05) is 11.9 Å². The van der Waals surface area contributed by atoms with Gasteiger partial charge >= 0.3 is 0 Å². The van der Waals surface area contributed by atoms with Crippen LogP contribution in [0, 0.1) is 12.8 Å². The molecule has 2 aromatic carbocycles. The van der Waals surface area contributed by atoms with Crippen LogP contribution in [0.15, 0.2) is 42.5 Å². The van der Waals surface area contributed by atoms with Gasteiger partial charge in [-0.2, -0.15) is 0 Å². The zero-order chi connectivity index (χ0) is 19.5. The van der Waals surface area contributed by atoms with Crippen LogP contribution in [-0.2, 0) is 11.2 Å². The fourth-order valence-corrected chi connectivity index (χ4v) is 3.94. The Bertz CT molecular complexity index is 870. The van der Waals surface area contributed by atoms with Crippen LogP contribution in [0.3, 0.4) is 0 Å². The number of carbonyl (C=O) groups excluding carboxylic acids is 2. The Morgan fingerprint density at radius 3 is 2.54 bits per heavy atom. The molecule has 2 aromatic rings. The molecule has 0 radical (unpaired) electrons. The van der Waals surface area contributed by atoms with Gasteiger partial charge in [-0.05, 0) is 62.1 Å². The second kappa shape index (κ2) is 8.05. The first kappa shape index (κ1) is 18.5. The van der Waals surface area contributed by atoms with Crippen molar-refractivity contribution in [1.29, 1.82) is 0 Å². The van der Waals surface area contributed by atoms with Gasteiger partial charge in [0.1, 0.15) is 12.4 Å². The molecule has 0 aromatic heterocycles. The molecule has 5 heteroatoms. The van der Waals surface area contributed by atoms with Gasteiger partial charge in [-0.3, -0.25) is 9.59 Å². The summed E-state index contributed by atoms with van der Waals surface area (Å²) in [6, 6.07) is 13.4. The highest BCUT2D eigenvalue weighted by molar-refractivity contribution is 6.04. The Labute approximate surface area is 165 Å². The Balaban J connectivity index is 1.42. The molecular formula is C23H26N2O3. The van der Waals surface area contributed by atoms with Crippen molar-refractivity contribution in [2.45, 2.75) is 45.1 Å². The highest BCUT2D eigenvalue weighted by Crippen LogP contribution is 2.30. The molecule has 146 valence electrons. The van der Waals surface area contributed by atoms with Crippen molar-refractivity contribution in [3.63, 3.8) is 0 Å². The predicted molar refractivity (Wildman–Crippen MR) is 109 cm³/mol. The monoisotopic (exact) mass is 378 g/mol. The average molecular weight is 378 g/mol. The van der Waals surface area contributed by atoms with E-state index in [2.05, 4.69) is 10.6 Å². The Kier molecular flexibility index (Phi) is 5.33. The number of aryl methyl sites for hydroxylation is 1. The molecule has 0 spiro atoms. The van der Waals surface area contributed by atoms with Gasteiger partial charge in [-0.1, -0.05) is 30.5 Å². The van der Waals surface area contributed by atoms with Crippen LogP contribution in [0.25, 0.3) is 0 Å². The third kappa shape index (κ3) is 4.19. The summed E-state index contributed by atoms with van der Waals surface area (Å²) in [4.78, 5) is 25.0. The quantitative estimate of drug-likeness (QED) is 0.849. The number of nitrogens with one attached hydrogen (secondary N) is 2. The molecule has 2 amide bonds. The lowest BCUT2D eigenvalue weighted by Gasteiger charge is -2.26. The molecule has 1 aliphatic heterocycles. The largest absolute Gasteiger partial charge is 0.492 e. The van der Waals surface area contributed by atoms with Gasteiger partial charge in [0.05, 0.1) is 5.92 Å².